The number of carbonyl (C=O) groups is 1. The van der Waals surface area contributed by atoms with Crippen LogP contribution in [0.4, 0.5) is 11.4 Å². The second-order valence-electron chi connectivity index (χ2n) is 4.57. The topological polar surface area (TPSA) is 55.1 Å². The predicted octanol–water partition coefficient (Wildman–Crippen LogP) is 2.55. The Kier molecular flexibility index (Phi) is 2.52. The van der Waals surface area contributed by atoms with Crippen molar-refractivity contribution in [1.82, 2.24) is 0 Å². The van der Waals surface area contributed by atoms with Gasteiger partial charge < -0.3 is 11.1 Å². The molecule has 0 saturated heterocycles. The van der Waals surface area contributed by atoms with Gasteiger partial charge in [-0.15, -0.1) is 0 Å². The average Bonchev–Trinajstić information content (AvgIpc) is 2.69. The molecular formula is C15H14N2O. The van der Waals surface area contributed by atoms with Crippen LogP contribution in [-0.2, 0) is 11.2 Å². The fraction of sp³-hybridized carbons (Fsp3) is 0.133. The summed E-state index contributed by atoms with van der Waals surface area (Å²) in [4.78, 5) is 12.0. The molecule has 3 nitrogen and oxygen atoms in total. The van der Waals surface area contributed by atoms with Crippen molar-refractivity contribution in [3.05, 3.63) is 59.7 Å². The van der Waals surface area contributed by atoms with Gasteiger partial charge in [0.05, 0.1) is 5.92 Å². The molecule has 0 aromatic heterocycles. The van der Waals surface area contributed by atoms with Crippen molar-refractivity contribution in [3.8, 4) is 0 Å². The first-order valence-corrected chi connectivity index (χ1v) is 5.98. The van der Waals surface area contributed by atoms with Crippen LogP contribution in [0.15, 0.2) is 48.5 Å². The molecular weight excluding hydrogens is 224 g/mol. The first-order valence-electron chi connectivity index (χ1n) is 5.98. The summed E-state index contributed by atoms with van der Waals surface area (Å²) in [5.41, 5.74) is 9.55. The summed E-state index contributed by atoms with van der Waals surface area (Å²) in [6, 6.07) is 15.5. The van der Waals surface area contributed by atoms with Gasteiger partial charge in [-0.25, -0.2) is 0 Å². The van der Waals surface area contributed by atoms with E-state index >= 15 is 0 Å². The fourth-order valence-electron chi connectivity index (χ4n) is 2.37. The van der Waals surface area contributed by atoms with Crippen LogP contribution < -0.4 is 11.1 Å². The van der Waals surface area contributed by atoms with Gasteiger partial charge in [0.1, 0.15) is 0 Å². The van der Waals surface area contributed by atoms with Crippen LogP contribution in [0.1, 0.15) is 17.0 Å². The second kappa shape index (κ2) is 4.18. The molecule has 0 unspecified atom stereocenters. The van der Waals surface area contributed by atoms with Crippen molar-refractivity contribution >= 4 is 17.3 Å². The summed E-state index contributed by atoms with van der Waals surface area (Å²) >= 11 is 0. The number of nitrogens with two attached hydrogens (primary N) is 1. The van der Waals surface area contributed by atoms with Crippen LogP contribution in [0.5, 0.6) is 0 Å². The standard InChI is InChI=1S/C15H14N2O/c16-11-7-5-10(6-8-11)9-13-12-3-1-2-4-14(12)17-15(13)18/h1-8,13H,9,16H2,(H,17,18)/t13-/m1/s1. The quantitative estimate of drug-likeness (QED) is 0.790. The molecule has 1 atom stereocenters. The van der Waals surface area contributed by atoms with E-state index in [1.54, 1.807) is 0 Å². The molecule has 1 heterocycles. The first kappa shape index (κ1) is 10.8. The lowest BCUT2D eigenvalue weighted by Crippen LogP contribution is -2.14. The summed E-state index contributed by atoms with van der Waals surface area (Å²) in [5.74, 6) is -0.0159. The Morgan fingerprint density at radius 2 is 1.78 bits per heavy atom. The molecule has 0 saturated carbocycles. The molecule has 0 bridgehead atoms. The lowest BCUT2D eigenvalue weighted by Gasteiger charge is -2.08. The molecule has 1 aliphatic rings. The zero-order valence-electron chi connectivity index (χ0n) is 9.89. The number of nitrogen functional groups attached to an aromatic ring is 1. The van der Waals surface area contributed by atoms with Crippen molar-refractivity contribution in [1.29, 1.82) is 0 Å². The van der Waals surface area contributed by atoms with E-state index in [9.17, 15) is 4.79 Å². The minimum Gasteiger partial charge on any atom is -0.399 e. The Morgan fingerprint density at radius 3 is 2.56 bits per heavy atom. The minimum atomic E-state index is -0.0928. The highest BCUT2D eigenvalue weighted by molar-refractivity contribution is 6.03. The second-order valence-corrected chi connectivity index (χ2v) is 4.57. The molecule has 2 aromatic rings. The monoisotopic (exact) mass is 238 g/mol. The molecule has 18 heavy (non-hydrogen) atoms. The smallest absolute Gasteiger partial charge is 0.232 e. The maximum absolute atomic E-state index is 12.0. The third-order valence-corrected chi connectivity index (χ3v) is 3.33. The van der Waals surface area contributed by atoms with Crippen molar-refractivity contribution in [3.63, 3.8) is 0 Å². The summed E-state index contributed by atoms with van der Waals surface area (Å²) in [6.45, 7) is 0. The van der Waals surface area contributed by atoms with E-state index in [1.807, 2.05) is 48.5 Å². The largest absolute Gasteiger partial charge is 0.399 e. The Balaban J connectivity index is 1.89. The molecule has 3 rings (SSSR count). The zero-order valence-corrected chi connectivity index (χ0v) is 9.89. The van der Waals surface area contributed by atoms with Gasteiger partial charge in [0.25, 0.3) is 0 Å². The molecule has 1 amide bonds. The van der Waals surface area contributed by atoms with Gasteiger partial charge in [-0.2, -0.15) is 0 Å². The van der Waals surface area contributed by atoms with E-state index in [2.05, 4.69) is 5.32 Å². The number of hydrogen-bond acceptors (Lipinski definition) is 2. The SMILES string of the molecule is Nc1ccc(C[C@H]2C(=O)Nc3ccccc32)cc1. The van der Waals surface area contributed by atoms with Crippen LogP contribution in [0.25, 0.3) is 0 Å². The van der Waals surface area contributed by atoms with E-state index in [0.717, 1.165) is 22.5 Å². The number of carbonyl (C=O) groups excluding carboxylic acids is 1. The normalized spacial score (nSPS) is 17.3. The summed E-state index contributed by atoms with van der Waals surface area (Å²) in [6.07, 6.45) is 0.711. The van der Waals surface area contributed by atoms with Gasteiger partial charge in [0.15, 0.2) is 0 Å². The lowest BCUT2D eigenvalue weighted by atomic mass is 9.93. The lowest BCUT2D eigenvalue weighted by molar-refractivity contribution is -0.117. The molecule has 2 aromatic carbocycles. The van der Waals surface area contributed by atoms with Gasteiger partial charge in [-0.3, -0.25) is 4.79 Å². The third-order valence-electron chi connectivity index (χ3n) is 3.33. The van der Waals surface area contributed by atoms with E-state index in [4.69, 9.17) is 5.73 Å². The number of benzene rings is 2. The zero-order chi connectivity index (χ0) is 12.5. The maximum atomic E-state index is 12.0. The van der Waals surface area contributed by atoms with Gasteiger partial charge in [0, 0.05) is 11.4 Å². The number of hydrogen-bond donors (Lipinski definition) is 2. The van der Waals surface area contributed by atoms with Crippen LogP contribution in [-0.4, -0.2) is 5.91 Å². The molecule has 0 aliphatic carbocycles. The van der Waals surface area contributed by atoms with Gasteiger partial charge in [0.2, 0.25) is 5.91 Å². The van der Waals surface area contributed by atoms with Crippen molar-refractivity contribution in [2.45, 2.75) is 12.3 Å². The van der Waals surface area contributed by atoms with Gasteiger partial charge in [-0.05, 0) is 35.7 Å². The van der Waals surface area contributed by atoms with Crippen LogP contribution in [0, 0.1) is 0 Å². The molecule has 3 heteroatoms. The Labute approximate surface area is 106 Å². The Hall–Kier alpha value is -2.29. The number of para-hydroxylation sites is 1. The Morgan fingerprint density at radius 1 is 1.06 bits per heavy atom. The van der Waals surface area contributed by atoms with Crippen molar-refractivity contribution < 1.29 is 4.79 Å². The summed E-state index contributed by atoms with van der Waals surface area (Å²) in [5, 5.41) is 2.92. The third kappa shape index (κ3) is 1.84. The summed E-state index contributed by atoms with van der Waals surface area (Å²) < 4.78 is 0. The number of amides is 1. The number of rotatable bonds is 2. The van der Waals surface area contributed by atoms with Crippen molar-refractivity contribution in [2.24, 2.45) is 0 Å². The highest BCUT2D eigenvalue weighted by Crippen LogP contribution is 2.34. The van der Waals surface area contributed by atoms with Crippen LogP contribution in [0.2, 0.25) is 0 Å². The molecule has 1 aliphatic heterocycles. The van der Waals surface area contributed by atoms with Crippen molar-refractivity contribution in [2.75, 3.05) is 11.1 Å². The van der Waals surface area contributed by atoms with Gasteiger partial charge >= 0.3 is 0 Å². The predicted molar refractivity (Wildman–Crippen MR) is 72.4 cm³/mol. The number of nitrogens with one attached hydrogen (secondary N) is 1. The number of anilines is 2. The van der Waals surface area contributed by atoms with Gasteiger partial charge in [-0.1, -0.05) is 30.3 Å². The fourth-order valence-corrected chi connectivity index (χ4v) is 2.37. The molecule has 0 fully saturated rings. The van der Waals surface area contributed by atoms with E-state index in [-0.39, 0.29) is 11.8 Å². The van der Waals surface area contributed by atoms with E-state index < -0.39 is 0 Å². The number of fused-ring (bicyclic) bond motifs is 1. The molecule has 3 N–H and O–H groups in total. The molecule has 90 valence electrons. The highest BCUT2D eigenvalue weighted by atomic mass is 16.2. The highest BCUT2D eigenvalue weighted by Gasteiger charge is 2.29. The summed E-state index contributed by atoms with van der Waals surface area (Å²) in [7, 11) is 0. The van der Waals surface area contributed by atoms with Crippen LogP contribution >= 0.6 is 0 Å². The molecule has 0 radical (unpaired) electrons. The maximum Gasteiger partial charge on any atom is 0.232 e. The van der Waals surface area contributed by atoms with Crippen LogP contribution in [0.3, 0.4) is 0 Å². The van der Waals surface area contributed by atoms with E-state index in [0.29, 0.717) is 6.42 Å². The average molecular weight is 238 g/mol. The Bertz CT molecular complexity index is 590. The molecule has 0 spiro atoms. The van der Waals surface area contributed by atoms with E-state index in [1.165, 1.54) is 0 Å². The minimum absolute atomic E-state index is 0.0769. The first-order chi connectivity index (χ1) is 8.74.